The Morgan fingerprint density at radius 3 is 1.98 bits per heavy atom. The van der Waals surface area contributed by atoms with Crippen LogP contribution in [-0.2, 0) is 39.2 Å². The minimum atomic E-state index is -6.41. The van der Waals surface area contributed by atoms with Gasteiger partial charge in [0.2, 0.25) is 10.0 Å². The normalized spacial score (nSPS) is 17.5. The standard InChI is InChI=1S/C57H66ClF4N6O11PS4/c1-38(2)67-39(3)55(82(4,74)75)53(54(67)40-17-19-43(58)20-18-40)42-32-44(59)35-49(34-42)65-29-27-64(28-30-65)46-23-21-45(22-24-46)63-83(76,77)52(37-81-50-15-9-6-10-16-50)51(68(47-12-7-5-8-13-47)84(78,79)57(60,61)62)36-66-26-25-41(56(69)70)33-48(66)14-11-31-80(71,72)73/h5-10,12-13,15-24,32,34-35,38,41,48,51-52,63H,11,14,25-31,33,36-37H2,1-4H3,(H,69,70)(H2,71,72,73). The fraction of sp³-hybridized carbons (Fsp3) is 0.386. The zero-order chi connectivity index (χ0) is 61.1. The number of alkyl halides is 3. The summed E-state index contributed by atoms with van der Waals surface area (Å²) in [6, 6.07) is 29.2. The number of aliphatic carboxylic acids is 1. The zero-order valence-electron chi connectivity index (χ0n) is 46.3. The van der Waals surface area contributed by atoms with E-state index in [-0.39, 0.29) is 53.2 Å². The molecule has 2 aliphatic rings. The maximum atomic E-state index is 15.9. The summed E-state index contributed by atoms with van der Waals surface area (Å²) in [4.78, 5) is 37.8. The summed E-state index contributed by atoms with van der Waals surface area (Å²) in [7, 11) is -19.7. The summed E-state index contributed by atoms with van der Waals surface area (Å²) < 4.78 is 164. The summed E-state index contributed by atoms with van der Waals surface area (Å²) in [5.41, 5.74) is -2.77. The van der Waals surface area contributed by atoms with Gasteiger partial charge in [0.25, 0.3) is 0 Å². The Bertz CT molecular complexity index is 3690. The number of nitrogens with zero attached hydrogens (tertiary/aromatic N) is 5. The van der Waals surface area contributed by atoms with E-state index in [1.807, 2.05) is 28.2 Å². The van der Waals surface area contributed by atoms with E-state index in [0.717, 1.165) is 30.2 Å². The van der Waals surface area contributed by atoms with Crippen LogP contribution in [0, 0.1) is 18.7 Å². The third kappa shape index (κ3) is 15.1. The number of carboxylic acid groups (broad SMARTS) is 1. The Labute approximate surface area is 496 Å². The molecule has 4 atom stereocenters. The molecule has 0 spiro atoms. The van der Waals surface area contributed by atoms with E-state index in [4.69, 9.17) is 11.6 Å². The van der Waals surface area contributed by atoms with Gasteiger partial charge in [0, 0.05) is 101 Å². The second kappa shape index (κ2) is 26.1. The van der Waals surface area contributed by atoms with Crippen molar-refractivity contribution in [2.75, 3.05) is 76.3 Å². The number of rotatable bonds is 23. The predicted octanol–water partition coefficient (Wildman–Crippen LogP) is 11.0. The minimum Gasteiger partial charge on any atom is -0.481 e. The Morgan fingerprint density at radius 2 is 1.42 bits per heavy atom. The first-order valence-electron chi connectivity index (χ1n) is 26.9. The monoisotopic (exact) mass is 1280 g/mol. The van der Waals surface area contributed by atoms with E-state index in [1.54, 1.807) is 79.7 Å². The number of anilines is 4. The lowest BCUT2D eigenvalue weighted by atomic mass is 9.88. The molecule has 0 bridgehead atoms. The van der Waals surface area contributed by atoms with Crippen molar-refractivity contribution in [1.29, 1.82) is 0 Å². The molecule has 8 rings (SSSR count). The molecule has 0 aliphatic carbocycles. The molecule has 4 unspecified atom stereocenters. The van der Waals surface area contributed by atoms with E-state index >= 15 is 26.0 Å². The van der Waals surface area contributed by atoms with Crippen LogP contribution in [0.5, 0.6) is 0 Å². The number of aromatic nitrogens is 1. The van der Waals surface area contributed by atoms with Gasteiger partial charge in [-0.2, -0.15) is 21.6 Å². The predicted molar refractivity (Wildman–Crippen MR) is 322 cm³/mol. The molecule has 6 aromatic rings. The number of benzene rings is 5. The molecular weight excluding hydrogens is 1220 g/mol. The maximum absolute atomic E-state index is 15.9. The summed E-state index contributed by atoms with van der Waals surface area (Å²) in [5, 5.41) is 8.54. The highest BCUT2D eigenvalue weighted by Gasteiger charge is 2.55. The molecule has 4 N–H and O–H groups in total. The number of carbonyl (C=O) groups is 1. The number of carboxylic acids is 1. The second-order valence-electron chi connectivity index (χ2n) is 21.3. The van der Waals surface area contributed by atoms with Crippen LogP contribution in [0.15, 0.2) is 137 Å². The van der Waals surface area contributed by atoms with Gasteiger partial charge in [-0.05, 0) is 143 Å². The van der Waals surface area contributed by atoms with Gasteiger partial charge >= 0.3 is 29.1 Å². The zero-order valence-corrected chi connectivity index (χ0v) is 51.2. The quantitative estimate of drug-likeness (QED) is 0.0266. The fourth-order valence-electron chi connectivity index (χ4n) is 11.3. The van der Waals surface area contributed by atoms with Crippen LogP contribution in [-0.4, -0.2) is 136 Å². The summed E-state index contributed by atoms with van der Waals surface area (Å²) >= 11 is 7.23. The van der Waals surface area contributed by atoms with Crippen molar-refractivity contribution in [2.45, 2.75) is 85.1 Å². The minimum absolute atomic E-state index is 0.00590. The summed E-state index contributed by atoms with van der Waals surface area (Å²) in [5.74, 6) is -3.20. The number of piperidine rings is 1. The highest BCUT2D eigenvalue weighted by Crippen LogP contribution is 2.46. The molecule has 0 radical (unpaired) electrons. The van der Waals surface area contributed by atoms with Crippen LogP contribution in [0.4, 0.5) is 40.3 Å². The summed E-state index contributed by atoms with van der Waals surface area (Å²) in [6.45, 7) is 6.37. The van der Waals surface area contributed by atoms with Crippen molar-refractivity contribution in [3.63, 3.8) is 0 Å². The van der Waals surface area contributed by atoms with Crippen molar-refractivity contribution in [3.8, 4) is 22.4 Å². The van der Waals surface area contributed by atoms with Gasteiger partial charge in [0.15, 0.2) is 9.84 Å². The number of nitrogens with one attached hydrogen (secondary N) is 1. The van der Waals surface area contributed by atoms with Gasteiger partial charge in [0.1, 0.15) is 11.1 Å². The van der Waals surface area contributed by atoms with Crippen LogP contribution < -0.4 is 18.8 Å². The number of hydrogen-bond donors (Lipinski definition) is 4. The lowest BCUT2D eigenvalue weighted by molar-refractivity contribution is -0.144. The number of thioether (sulfide) groups is 1. The van der Waals surface area contributed by atoms with Crippen LogP contribution in [0.1, 0.15) is 51.3 Å². The lowest BCUT2D eigenvalue weighted by Crippen LogP contribution is -2.61. The first-order chi connectivity index (χ1) is 39.4. The molecule has 84 heavy (non-hydrogen) atoms. The number of halogens is 5. The molecule has 0 saturated carbocycles. The van der Waals surface area contributed by atoms with E-state index in [9.17, 15) is 41.1 Å². The molecule has 27 heteroatoms. The van der Waals surface area contributed by atoms with Gasteiger partial charge in [0.05, 0.1) is 28.2 Å². The van der Waals surface area contributed by atoms with Gasteiger partial charge in [-0.3, -0.25) is 23.3 Å². The van der Waals surface area contributed by atoms with Crippen LogP contribution >= 0.6 is 31.0 Å². The molecular formula is C57H66ClF4N6O11PS4. The van der Waals surface area contributed by atoms with Crippen LogP contribution in [0.25, 0.3) is 22.4 Å². The molecule has 2 fully saturated rings. The third-order valence-corrected chi connectivity index (χ3v) is 22.3. The van der Waals surface area contributed by atoms with Crippen molar-refractivity contribution in [1.82, 2.24) is 9.47 Å². The average Bonchev–Trinajstić information content (AvgIpc) is 1.63. The van der Waals surface area contributed by atoms with E-state index in [2.05, 4.69) is 4.72 Å². The maximum Gasteiger partial charge on any atom is 0.516 e. The number of para-hydroxylation sites is 1. The van der Waals surface area contributed by atoms with E-state index in [1.165, 1.54) is 47.4 Å². The molecule has 2 saturated heterocycles. The topological polar surface area (TPSA) is 227 Å². The molecule has 0 amide bonds. The summed E-state index contributed by atoms with van der Waals surface area (Å²) in [6.07, 6.45) is 0.213. The Hall–Kier alpha value is -5.63. The van der Waals surface area contributed by atoms with Crippen molar-refractivity contribution < 1.29 is 67.1 Å². The van der Waals surface area contributed by atoms with Crippen molar-refractivity contribution in [2.24, 2.45) is 5.92 Å². The van der Waals surface area contributed by atoms with Crippen molar-refractivity contribution >= 4 is 89.6 Å². The first-order valence-corrected chi connectivity index (χ1v) is 35.0. The highest BCUT2D eigenvalue weighted by molar-refractivity contribution is 8.01. The number of sulfone groups is 1. The average molecular weight is 1280 g/mol. The van der Waals surface area contributed by atoms with Gasteiger partial charge in [-0.1, -0.05) is 60.1 Å². The van der Waals surface area contributed by atoms with Crippen LogP contribution in [0.2, 0.25) is 5.02 Å². The smallest absolute Gasteiger partial charge is 0.481 e. The fourth-order valence-corrected chi connectivity index (χ4v) is 17.6. The van der Waals surface area contributed by atoms with Gasteiger partial charge in [-0.15, -0.1) is 11.8 Å². The number of piperazine rings is 1. The number of sulfonamides is 2. The Morgan fingerprint density at radius 1 is 0.821 bits per heavy atom. The van der Waals surface area contributed by atoms with E-state index in [0.29, 0.717) is 75.6 Å². The van der Waals surface area contributed by atoms with Gasteiger partial charge < -0.3 is 29.3 Å². The third-order valence-electron chi connectivity index (χ3n) is 15.2. The molecule has 5 aromatic carbocycles. The lowest BCUT2D eigenvalue weighted by Gasteiger charge is -2.44. The SMILES string of the molecule is Cc1c(S(C)(=O)=O)c(-c2cc(F)cc(N3CCN(c4ccc(NS(=O)(=O)C(CSc5ccccc5)C(CN5CCC(C(=O)O)CC5CCCP(=O)(O)O)N(c5ccccc5)S(=O)(=O)C(F)(F)F)cc4)CC3)c2)c(-c2ccc(Cl)cc2)n1C(C)C. The van der Waals surface area contributed by atoms with Crippen molar-refractivity contribution in [3.05, 3.63) is 144 Å². The largest absolute Gasteiger partial charge is 0.516 e. The second-order valence-corrected chi connectivity index (χ2v) is 30.3. The highest BCUT2D eigenvalue weighted by atomic mass is 35.5. The molecule has 3 heterocycles. The Kier molecular flexibility index (Phi) is 20.0. The first kappa shape index (κ1) is 64.4. The molecule has 2 aliphatic heterocycles. The molecule has 17 nitrogen and oxygen atoms in total. The number of hydrogen-bond acceptors (Lipinski definition) is 12. The molecule has 1 aromatic heterocycles. The van der Waals surface area contributed by atoms with Crippen LogP contribution in [0.3, 0.4) is 0 Å². The molecule has 454 valence electrons. The van der Waals surface area contributed by atoms with Gasteiger partial charge in [-0.25, -0.2) is 21.2 Å². The number of likely N-dealkylation sites (tertiary alicyclic amines) is 1. The van der Waals surface area contributed by atoms with E-state index < -0.39 is 102 Å². The Balaban J connectivity index is 1.10.